The van der Waals surface area contributed by atoms with E-state index in [9.17, 15) is 18.3 Å². The molecule has 0 aliphatic carbocycles. The Balaban J connectivity index is 3.10. The van der Waals surface area contributed by atoms with Gasteiger partial charge in [0, 0.05) is 0 Å². The van der Waals surface area contributed by atoms with Gasteiger partial charge in [0.05, 0.1) is 17.6 Å². The van der Waals surface area contributed by atoms with E-state index in [4.69, 9.17) is 5.73 Å². The zero-order chi connectivity index (χ0) is 11.0. The van der Waals surface area contributed by atoms with Crippen molar-refractivity contribution >= 4 is 5.69 Å². The van der Waals surface area contributed by atoms with E-state index in [1.54, 1.807) is 0 Å². The van der Waals surface area contributed by atoms with Crippen molar-refractivity contribution in [3.05, 3.63) is 24.0 Å². The van der Waals surface area contributed by atoms with Gasteiger partial charge in [-0.05, 0) is 19.1 Å². The number of halogens is 3. The van der Waals surface area contributed by atoms with Crippen molar-refractivity contribution in [1.82, 2.24) is 4.98 Å². The predicted octanol–water partition coefficient (Wildman–Crippen LogP) is 1.43. The third-order valence-corrected chi connectivity index (χ3v) is 1.84. The Hall–Kier alpha value is -1.30. The zero-order valence-corrected chi connectivity index (χ0v) is 7.34. The predicted molar refractivity (Wildman–Crippen MR) is 44.3 cm³/mol. The third-order valence-electron chi connectivity index (χ3n) is 1.84. The molecule has 1 atom stereocenters. The molecule has 6 heteroatoms. The van der Waals surface area contributed by atoms with E-state index in [-0.39, 0.29) is 5.69 Å². The highest BCUT2D eigenvalue weighted by Crippen LogP contribution is 2.37. The maximum Gasteiger partial charge on any atom is 0.422 e. The van der Waals surface area contributed by atoms with Crippen molar-refractivity contribution in [2.75, 3.05) is 5.73 Å². The normalized spacial score (nSPS) is 16.4. The van der Waals surface area contributed by atoms with Crippen LogP contribution in [0.2, 0.25) is 0 Å². The van der Waals surface area contributed by atoms with Crippen LogP contribution in [0.25, 0.3) is 0 Å². The van der Waals surface area contributed by atoms with Crippen LogP contribution < -0.4 is 5.73 Å². The fourth-order valence-electron chi connectivity index (χ4n) is 0.838. The van der Waals surface area contributed by atoms with E-state index in [1.807, 2.05) is 0 Å². The van der Waals surface area contributed by atoms with Gasteiger partial charge >= 0.3 is 6.18 Å². The van der Waals surface area contributed by atoms with Crippen LogP contribution in [0.4, 0.5) is 18.9 Å². The summed E-state index contributed by atoms with van der Waals surface area (Å²) in [6.07, 6.45) is -3.69. The summed E-state index contributed by atoms with van der Waals surface area (Å²) >= 11 is 0. The molecule has 0 saturated heterocycles. The molecular formula is C8H9F3N2O. The molecule has 0 amide bonds. The molecular weight excluding hydrogens is 197 g/mol. The maximum absolute atomic E-state index is 12.3. The van der Waals surface area contributed by atoms with Crippen molar-refractivity contribution in [2.24, 2.45) is 0 Å². The minimum atomic E-state index is -4.75. The highest BCUT2D eigenvalue weighted by Gasteiger charge is 2.52. The number of rotatable bonds is 1. The van der Waals surface area contributed by atoms with E-state index < -0.39 is 17.5 Å². The lowest BCUT2D eigenvalue weighted by atomic mass is 10.0. The van der Waals surface area contributed by atoms with Crippen LogP contribution >= 0.6 is 0 Å². The first-order valence-electron chi connectivity index (χ1n) is 3.76. The quantitative estimate of drug-likeness (QED) is 0.730. The summed E-state index contributed by atoms with van der Waals surface area (Å²) in [6.45, 7) is 0.644. The summed E-state index contributed by atoms with van der Waals surface area (Å²) in [5.41, 5.74) is 2.08. The number of aliphatic hydroxyl groups is 1. The maximum atomic E-state index is 12.3. The number of pyridine rings is 1. The number of anilines is 1. The Morgan fingerprint density at radius 2 is 1.93 bits per heavy atom. The Kier molecular flexibility index (Phi) is 2.41. The first kappa shape index (κ1) is 10.8. The summed E-state index contributed by atoms with van der Waals surface area (Å²) in [7, 11) is 0. The van der Waals surface area contributed by atoms with Crippen LogP contribution in [0.3, 0.4) is 0 Å². The van der Waals surface area contributed by atoms with E-state index >= 15 is 0 Å². The molecule has 0 radical (unpaired) electrons. The molecule has 1 heterocycles. The van der Waals surface area contributed by atoms with Crippen molar-refractivity contribution in [1.29, 1.82) is 0 Å². The average molecular weight is 206 g/mol. The molecule has 1 aromatic rings. The number of nitrogens with two attached hydrogens (primary N) is 1. The number of hydrogen-bond acceptors (Lipinski definition) is 3. The Labute approximate surface area is 78.4 Å². The van der Waals surface area contributed by atoms with Gasteiger partial charge in [-0.15, -0.1) is 0 Å². The summed E-state index contributed by atoms with van der Waals surface area (Å²) in [5, 5.41) is 9.18. The first-order valence-corrected chi connectivity index (χ1v) is 3.76. The monoisotopic (exact) mass is 206 g/mol. The van der Waals surface area contributed by atoms with Crippen LogP contribution in [-0.2, 0) is 5.60 Å². The molecule has 1 unspecified atom stereocenters. The molecule has 1 aromatic heterocycles. The lowest BCUT2D eigenvalue weighted by Gasteiger charge is -2.25. The van der Waals surface area contributed by atoms with Gasteiger partial charge in [-0.3, -0.25) is 4.98 Å². The van der Waals surface area contributed by atoms with Gasteiger partial charge in [0.25, 0.3) is 0 Å². The number of nitrogens with zero attached hydrogens (tertiary/aromatic N) is 1. The molecule has 0 bridgehead atoms. The van der Waals surface area contributed by atoms with Crippen LogP contribution in [0.5, 0.6) is 0 Å². The minimum Gasteiger partial charge on any atom is -0.397 e. The van der Waals surface area contributed by atoms with Gasteiger partial charge < -0.3 is 10.8 Å². The van der Waals surface area contributed by atoms with Gasteiger partial charge in [0.1, 0.15) is 0 Å². The van der Waals surface area contributed by atoms with E-state index in [0.29, 0.717) is 6.92 Å². The highest BCUT2D eigenvalue weighted by molar-refractivity contribution is 5.35. The van der Waals surface area contributed by atoms with Crippen molar-refractivity contribution in [3.8, 4) is 0 Å². The Morgan fingerprint density at radius 3 is 2.29 bits per heavy atom. The molecule has 78 valence electrons. The van der Waals surface area contributed by atoms with E-state index in [0.717, 1.165) is 12.3 Å². The fraction of sp³-hybridized carbons (Fsp3) is 0.375. The smallest absolute Gasteiger partial charge is 0.397 e. The molecule has 0 aromatic carbocycles. The summed E-state index contributed by atoms with van der Waals surface area (Å²) in [5.74, 6) is 0. The minimum absolute atomic E-state index is 0.242. The zero-order valence-electron chi connectivity index (χ0n) is 7.34. The second kappa shape index (κ2) is 3.13. The molecule has 0 saturated carbocycles. The molecule has 3 nitrogen and oxygen atoms in total. The lowest BCUT2D eigenvalue weighted by Crippen LogP contribution is -2.39. The summed E-state index contributed by atoms with van der Waals surface area (Å²) < 4.78 is 36.9. The first-order chi connectivity index (χ1) is 6.25. The molecule has 1 rings (SSSR count). The SMILES string of the molecule is CC(O)(c1ccc(N)cn1)C(F)(F)F. The Bertz CT molecular complexity index is 318. The van der Waals surface area contributed by atoms with Crippen molar-refractivity contribution in [2.45, 2.75) is 18.7 Å². The second-order valence-corrected chi connectivity index (χ2v) is 3.05. The number of nitrogen functional groups attached to an aromatic ring is 1. The largest absolute Gasteiger partial charge is 0.422 e. The van der Waals surface area contributed by atoms with Gasteiger partial charge in [-0.1, -0.05) is 0 Å². The van der Waals surface area contributed by atoms with Gasteiger partial charge in [-0.25, -0.2) is 0 Å². The van der Waals surface area contributed by atoms with Gasteiger partial charge in [0.2, 0.25) is 0 Å². The third kappa shape index (κ3) is 1.79. The molecule has 3 N–H and O–H groups in total. The molecule has 0 aliphatic rings. The average Bonchev–Trinajstić information content (AvgIpc) is 2.03. The van der Waals surface area contributed by atoms with Crippen molar-refractivity contribution < 1.29 is 18.3 Å². The summed E-state index contributed by atoms with van der Waals surface area (Å²) in [4.78, 5) is 3.42. The fourth-order valence-corrected chi connectivity index (χ4v) is 0.838. The Morgan fingerprint density at radius 1 is 1.36 bits per heavy atom. The summed E-state index contributed by atoms with van der Waals surface area (Å²) in [6, 6.07) is 2.30. The number of aromatic nitrogens is 1. The van der Waals surface area contributed by atoms with E-state index in [1.165, 1.54) is 6.07 Å². The van der Waals surface area contributed by atoms with Crippen LogP contribution in [0, 0.1) is 0 Å². The highest BCUT2D eigenvalue weighted by atomic mass is 19.4. The molecule has 0 fully saturated rings. The second-order valence-electron chi connectivity index (χ2n) is 3.05. The number of alkyl halides is 3. The van der Waals surface area contributed by atoms with Crippen molar-refractivity contribution in [3.63, 3.8) is 0 Å². The molecule has 0 aliphatic heterocycles. The van der Waals surface area contributed by atoms with Crippen LogP contribution in [0.1, 0.15) is 12.6 Å². The van der Waals surface area contributed by atoms with Gasteiger partial charge in [-0.2, -0.15) is 13.2 Å². The molecule has 14 heavy (non-hydrogen) atoms. The number of hydrogen-bond donors (Lipinski definition) is 2. The van der Waals surface area contributed by atoms with Crippen LogP contribution in [0.15, 0.2) is 18.3 Å². The van der Waals surface area contributed by atoms with Crippen LogP contribution in [-0.4, -0.2) is 16.3 Å². The van der Waals surface area contributed by atoms with E-state index in [2.05, 4.69) is 4.98 Å². The molecule has 0 spiro atoms. The standard InChI is InChI=1S/C8H9F3N2O/c1-7(14,8(9,10)11)6-3-2-5(12)4-13-6/h2-4,14H,12H2,1H3. The lowest BCUT2D eigenvalue weighted by molar-refractivity contribution is -0.260. The van der Waals surface area contributed by atoms with Gasteiger partial charge in [0.15, 0.2) is 5.60 Å². The topological polar surface area (TPSA) is 59.1 Å².